The summed E-state index contributed by atoms with van der Waals surface area (Å²) < 4.78 is 14.8. The van der Waals surface area contributed by atoms with Crippen molar-refractivity contribution in [3.05, 3.63) is 74.7 Å². The lowest BCUT2D eigenvalue weighted by Crippen LogP contribution is -2.16. The quantitative estimate of drug-likeness (QED) is 0.315. The van der Waals surface area contributed by atoms with Gasteiger partial charge in [0.1, 0.15) is 6.61 Å². The molecule has 1 heterocycles. The number of hydrogen-bond acceptors (Lipinski definition) is 4. The van der Waals surface area contributed by atoms with Crippen molar-refractivity contribution < 1.29 is 9.47 Å². The van der Waals surface area contributed by atoms with Gasteiger partial charge in [-0.15, -0.1) is 0 Å². The molecule has 3 rings (SSSR count). The van der Waals surface area contributed by atoms with Crippen LogP contribution in [0.3, 0.4) is 0 Å². The Hall–Kier alpha value is -1.73. The highest BCUT2D eigenvalue weighted by Crippen LogP contribution is 2.38. The van der Waals surface area contributed by atoms with Gasteiger partial charge >= 0.3 is 0 Å². The van der Waals surface area contributed by atoms with Crippen molar-refractivity contribution in [3.63, 3.8) is 0 Å². The topological polar surface area (TPSA) is 48.3 Å². The highest BCUT2D eigenvalue weighted by Gasteiger charge is 2.13. The Morgan fingerprint density at radius 1 is 1.17 bits per heavy atom. The predicted octanol–water partition coefficient (Wildman–Crippen LogP) is 6.11. The molecule has 160 valence electrons. The first-order valence-electron chi connectivity index (χ1n) is 9.75. The maximum absolute atomic E-state index is 6.26. The Morgan fingerprint density at radius 2 is 2.03 bits per heavy atom. The van der Waals surface area contributed by atoms with Crippen LogP contribution < -0.4 is 14.8 Å². The van der Waals surface area contributed by atoms with Gasteiger partial charge in [0.2, 0.25) is 0 Å². The Labute approximate surface area is 195 Å². The Morgan fingerprint density at radius 3 is 2.77 bits per heavy atom. The Kier molecular flexibility index (Phi) is 8.88. The van der Waals surface area contributed by atoms with Crippen LogP contribution in [0.2, 0.25) is 10.0 Å². The van der Waals surface area contributed by atoms with Crippen molar-refractivity contribution in [1.82, 2.24) is 14.9 Å². The van der Waals surface area contributed by atoms with Crippen LogP contribution in [0, 0.1) is 0 Å². The zero-order valence-electron chi connectivity index (χ0n) is 16.7. The van der Waals surface area contributed by atoms with Gasteiger partial charge < -0.3 is 19.4 Å². The highest BCUT2D eigenvalue weighted by molar-refractivity contribution is 9.10. The first-order chi connectivity index (χ1) is 14.6. The number of hydrogen-bond donors (Lipinski definition) is 1. The van der Waals surface area contributed by atoms with E-state index in [1.807, 2.05) is 37.6 Å². The van der Waals surface area contributed by atoms with Crippen LogP contribution in [0.1, 0.15) is 24.5 Å². The number of rotatable bonds is 11. The summed E-state index contributed by atoms with van der Waals surface area (Å²) in [5.74, 6) is 1.36. The van der Waals surface area contributed by atoms with Gasteiger partial charge in [-0.1, -0.05) is 29.3 Å². The minimum atomic E-state index is 0.320. The second-order valence-corrected chi connectivity index (χ2v) is 8.39. The molecule has 1 aromatic heterocycles. The number of nitrogens with one attached hydrogen (secondary N) is 1. The van der Waals surface area contributed by atoms with Crippen molar-refractivity contribution in [2.45, 2.75) is 33.0 Å². The third-order valence-corrected chi connectivity index (χ3v) is 5.59. The van der Waals surface area contributed by atoms with Gasteiger partial charge in [0.15, 0.2) is 11.5 Å². The molecule has 0 amide bonds. The van der Waals surface area contributed by atoms with E-state index in [1.54, 1.807) is 18.3 Å². The van der Waals surface area contributed by atoms with Crippen molar-refractivity contribution in [3.8, 4) is 11.5 Å². The molecule has 5 nitrogen and oxygen atoms in total. The molecular formula is C22H24BrCl2N3O2. The summed E-state index contributed by atoms with van der Waals surface area (Å²) in [6.45, 7) is 5.42. The third kappa shape index (κ3) is 6.64. The second-order valence-electron chi connectivity index (χ2n) is 6.69. The molecule has 2 aromatic carbocycles. The molecule has 0 fully saturated rings. The smallest absolute Gasteiger partial charge is 0.175 e. The maximum atomic E-state index is 6.26. The lowest BCUT2D eigenvalue weighted by Gasteiger charge is -2.16. The molecule has 8 heteroatoms. The molecule has 0 spiro atoms. The van der Waals surface area contributed by atoms with Crippen molar-refractivity contribution >= 4 is 39.1 Å². The Bertz CT molecular complexity index is 952. The van der Waals surface area contributed by atoms with E-state index in [0.29, 0.717) is 34.8 Å². The SMILES string of the molecule is CCOc1cc(CNCCCn2ccnc2)cc(Br)c1OCc1ccc(Cl)cc1Cl. The van der Waals surface area contributed by atoms with Gasteiger partial charge in [0.05, 0.1) is 17.4 Å². The van der Waals surface area contributed by atoms with Gasteiger partial charge in [0.25, 0.3) is 0 Å². The van der Waals surface area contributed by atoms with Crippen LogP contribution in [0.4, 0.5) is 0 Å². The minimum absolute atomic E-state index is 0.320. The summed E-state index contributed by atoms with van der Waals surface area (Å²) in [4.78, 5) is 4.06. The third-order valence-electron chi connectivity index (χ3n) is 4.41. The molecule has 0 unspecified atom stereocenters. The van der Waals surface area contributed by atoms with E-state index in [4.69, 9.17) is 32.7 Å². The van der Waals surface area contributed by atoms with E-state index in [1.165, 1.54) is 0 Å². The zero-order chi connectivity index (χ0) is 21.3. The van der Waals surface area contributed by atoms with Crippen LogP contribution in [0.25, 0.3) is 0 Å². The average Bonchev–Trinajstić information content (AvgIpc) is 3.22. The second kappa shape index (κ2) is 11.6. The zero-order valence-corrected chi connectivity index (χ0v) is 19.8. The van der Waals surface area contributed by atoms with Gasteiger partial charge in [-0.2, -0.15) is 0 Å². The van der Waals surface area contributed by atoms with Crippen LogP contribution in [-0.2, 0) is 19.7 Å². The number of aromatic nitrogens is 2. The molecule has 0 aliphatic carbocycles. The lowest BCUT2D eigenvalue weighted by molar-refractivity contribution is 0.267. The Balaban J connectivity index is 1.59. The van der Waals surface area contributed by atoms with Gasteiger partial charge in [-0.05, 0) is 65.6 Å². The maximum Gasteiger partial charge on any atom is 0.175 e. The van der Waals surface area contributed by atoms with Gasteiger partial charge in [0, 0.05) is 41.1 Å². The molecule has 0 saturated heterocycles. The molecule has 0 bridgehead atoms. The molecule has 0 aliphatic heterocycles. The summed E-state index contributed by atoms with van der Waals surface area (Å²) >= 11 is 15.8. The summed E-state index contributed by atoms with van der Waals surface area (Å²) in [6.07, 6.45) is 6.63. The van der Waals surface area contributed by atoms with Gasteiger partial charge in [-0.3, -0.25) is 0 Å². The highest BCUT2D eigenvalue weighted by atomic mass is 79.9. The molecule has 3 aromatic rings. The standard InChI is InChI=1S/C22H24BrCl2N3O2/c1-2-29-21-11-16(13-26-6-3-8-28-9-7-27-15-28)10-19(23)22(21)30-14-17-4-5-18(24)12-20(17)25/h4-5,7,9-12,15,26H,2-3,6,8,13-14H2,1H3. The van der Waals surface area contributed by atoms with E-state index in [9.17, 15) is 0 Å². The first-order valence-corrected chi connectivity index (χ1v) is 11.3. The fourth-order valence-corrected chi connectivity index (χ4v) is 4.02. The van der Waals surface area contributed by atoms with E-state index in [-0.39, 0.29) is 0 Å². The van der Waals surface area contributed by atoms with Crippen molar-refractivity contribution in [1.29, 1.82) is 0 Å². The van der Waals surface area contributed by atoms with Crippen LogP contribution in [0.5, 0.6) is 11.5 Å². The monoisotopic (exact) mass is 511 g/mol. The van der Waals surface area contributed by atoms with Crippen LogP contribution in [-0.4, -0.2) is 22.7 Å². The number of halogens is 3. The summed E-state index contributed by atoms with van der Waals surface area (Å²) in [5, 5.41) is 4.65. The summed E-state index contributed by atoms with van der Waals surface area (Å²) in [6, 6.07) is 9.43. The summed E-state index contributed by atoms with van der Waals surface area (Å²) in [7, 11) is 0. The average molecular weight is 513 g/mol. The normalized spacial score (nSPS) is 10.9. The van der Waals surface area contributed by atoms with E-state index in [2.05, 4.69) is 30.8 Å². The minimum Gasteiger partial charge on any atom is -0.490 e. The van der Waals surface area contributed by atoms with E-state index >= 15 is 0 Å². The largest absolute Gasteiger partial charge is 0.490 e. The molecule has 1 N–H and O–H groups in total. The molecule has 0 atom stereocenters. The fourth-order valence-electron chi connectivity index (χ4n) is 2.95. The molecule has 30 heavy (non-hydrogen) atoms. The number of nitrogens with zero attached hydrogens (tertiary/aromatic N) is 2. The van der Waals surface area contributed by atoms with E-state index < -0.39 is 0 Å². The van der Waals surface area contributed by atoms with Crippen LogP contribution in [0.15, 0.2) is 53.5 Å². The van der Waals surface area contributed by atoms with Gasteiger partial charge in [-0.25, -0.2) is 4.98 Å². The number of aryl methyl sites for hydroxylation is 1. The molecule has 0 radical (unpaired) electrons. The summed E-state index contributed by atoms with van der Waals surface area (Å²) in [5.41, 5.74) is 1.98. The van der Waals surface area contributed by atoms with E-state index in [0.717, 1.165) is 41.7 Å². The predicted molar refractivity (Wildman–Crippen MR) is 125 cm³/mol. The molecule has 0 saturated carbocycles. The number of ether oxygens (including phenoxy) is 2. The van der Waals surface area contributed by atoms with Crippen molar-refractivity contribution in [2.75, 3.05) is 13.2 Å². The lowest BCUT2D eigenvalue weighted by atomic mass is 10.2. The van der Waals surface area contributed by atoms with Crippen LogP contribution >= 0.6 is 39.1 Å². The number of imidazole rings is 1. The van der Waals surface area contributed by atoms with Crippen molar-refractivity contribution in [2.24, 2.45) is 0 Å². The fraction of sp³-hybridized carbons (Fsp3) is 0.318. The number of benzene rings is 2. The molecule has 0 aliphatic rings. The molecular weight excluding hydrogens is 489 g/mol. The first kappa shape index (κ1) is 22.9.